The highest BCUT2D eigenvalue weighted by Crippen LogP contribution is 2.31. The monoisotopic (exact) mass is 228 g/mol. The zero-order valence-corrected chi connectivity index (χ0v) is 7.03. The van der Waals surface area contributed by atoms with Gasteiger partial charge in [0, 0.05) is 0 Å². The third-order valence-electron chi connectivity index (χ3n) is 1.62. The molecule has 0 atom stereocenters. The molecule has 1 rings (SSSR count). The Kier molecular flexibility index (Phi) is 2.69. The predicted octanol–water partition coefficient (Wildman–Crippen LogP) is 1.91. The Morgan fingerprint density at radius 1 is 1.33 bits per heavy atom. The van der Waals surface area contributed by atoms with Crippen LogP contribution in [0.15, 0.2) is 10.9 Å². The van der Waals surface area contributed by atoms with Gasteiger partial charge in [0.25, 0.3) is 12.0 Å². The second-order valence-electron chi connectivity index (χ2n) is 2.68. The van der Waals surface area contributed by atoms with E-state index in [4.69, 9.17) is 5.73 Å². The van der Waals surface area contributed by atoms with E-state index in [0.29, 0.717) is 6.07 Å². The molecule has 0 fully saturated rings. The van der Waals surface area contributed by atoms with E-state index < -0.39 is 35.1 Å². The van der Waals surface area contributed by atoms with E-state index in [0.717, 1.165) is 0 Å². The first-order valence-electron chi connectivity index (χ1n) is 3.61. The number of nitrogens with one attached hydrogen (secondary N) is 1. The van der Waals surface area contributed by atoms with Crippen LogP contribution >= 0.6 is 0 Å². The molecule has 0 unspecified atom stereocenters. The highest BCUT2D eigenvalue weighted by Gasteiger charge is 2.35. The summed E-state index contributed by atoms with van der Waals surface area (Å²) in [6.07, 6.45) is -8.04. The van der Waals surface area contributed by atoms with Crippen LogP contribution in [0.4, 0.5) is 27.6 Å². The van der Waals surface area contributed by atoms with Crippen molar-refractivity contribution in [3.05, 3.63) is 27.7 Å². The number of pyridine rings is 1. The molecule has 0 aliphatic heterocycles. The van der Waals surface area contributed by atoms with Gasteiger partial charge in [0.1, 0.15) is 5.69 Å². The molecule has 15 heavy (non-hydrogen) atoms. The van der Waals surface area contributed by atoms with Crippen LogP contribution in [0.5, 0.6) is 0 Å². The number of hydrogen-bond donors (Lipinski definition) is 2. The van der Waals surface area contributed by atoms with Crippen molar-refractivity contribution >= 4 is 5.69 Å². The van der Waals surface area contributed by atoms with Gasteiger partial charge in [-0.1, -0.05) is 0 Å². The van der Waals surface area contributed by atoms with Crippen LogP contribution in [0, 0.1) is 0 Å². The zero-order valence-electron chi connectivity index (χ0n) is 7.03. The van der Waals surface area contributed by atoms with Gasteiger partial charge in [0.2, 0.25) is 0 Å². The number of nitrogen functional groups attached to an aromatic ring is 1. The first kappa shape index (κ1) is 11.5. The fourth-order valence-electron chi connectivity index (χ4n) is 0.960. The Morgan fingerprint density at radius 3 is 2.27 bits per heavy atom. The van der Waals surface area contributed by atoms with Gasteiger partial charge in [0.05, 0.1) is 11.3 Å². The van der Waals surface area contributed by atoms with Gasteiger partial charge in [-0.05, 0) is 6.07 Å². The summed E-state index contributed by atoms with van der Waals surface area (Å²) in [6, 6.07) is 0.326. The van der Waals surface area contributed by atoms with Gasteiger partial charge >= 0.3 is 6.18 Å². The van der Waals surface area contributed by atoms with Gasteiger partial charge < -0.3 is 10.7 Å². The number of aromatic amines is 1. The summed E-state index contributed by atoms with van der Waals surface area (Å²) in [5.74, 6) is 0. The summed E-state index contributed by atoms with van der Waals surface area (Å²) < 4.78 is 60.5. The predicted molar refractivity (Wildman–Crippen MR) is 41.4 cm³/mol. The largest absolute Gasteiger partial charge is 0.433 e. The second-order valence-corrected chi connectivity index (χ2v) is 2.68. The fourth-order valence-corrected chi connectivity index (χ4v) is 0.960. The van der Waals surface area contributed by atoms with Crippen LogP contribution < -0.4 is 11.3 Å². The molecule has 3 nitrogen and oxygen atoms in total. The first-order chi connectivity index (χ1) is 6.73. The number of nitrogens with two attached hydrogens (primary N) is 1. The van der Waals surface area contributed by atoms with E-state index in [9.17, 15) is 26.7 Å². The van der Waals surface area contributed by atoms with E-state index >= 15 is 0 Å². The summed E-state index contributed by atoms with van der Waals surface area (Å²) in [5.41, 5.74) is -0.136. The maximum absolute atomic E-state index is 12.1. The molecular weight excluding hydrogens is 223 g/mol. The molecule has 1 aromatic heterocycles. The SMILES string of the molecule is Nc1cc(C(F)F)c(=O)[nH]c1C(F)(F)F. The van der Waals surface area contributed by atoms with Crippen molar-refractivity contribution in [1.29, 1.82) is 0 Å². The number of rotatable bonds is 1. The van der Waals surface area contributed by atoms with Gasteiger partial charge in [-0.3, -0.25) is 4.79 Å². The minimum absolute atomic E-state index is 0.326. The lowest BCUT2D eigenvalue weighted by Gasteiger charge is -2.10. The first-order valence-corrected chi connectivity index (χ1v) is 3.61. The van der Waals surface area contributed by atoms with Crippen molar-refractivity contribution in [3.8, 4) is 0 Å². The van der Waals surface area contributed by atoms with E-state index in [1.807, 2.05) is 0 Å². The molecule has 0 saturated carbocycles. The second kappa shape index (κ2) is 3.52. The molecule has 8 heteroatoms. The van der Waals surface area contributed by atoms with Gasteiger partial charge in [0.15, 0.2) is 0 Å². The van der Waals surface area contributed by atoms with Crippen LogP contribution in [0.3, 0.4) is 0 Å². The third kappa shape index (κ3) is 2.25. The molecule has 1 aromatic rings. The molecule has 0 saturated heterocycles. The number of H-pyrrole nitrogens is 1. The summed E-state index contributed by atoms with van der Waals surface area (Å²) in [5, 5.41) is 0. The Bertz CT molecular complexity index is 422. The van der Waals surface area contributed by atoms with Crippen molar-refractivity contribution < 1.29 is 22.0 Å². The summed E-state index contributed by atoms with van der Waals surface area (Å²) >= 11 is 0. The van der Waals surface area contributed by atoms with Crippen LogP contribution in [0.25, 0.3) is 0 Å². The molecule has 0 radical (unpaired) electrons. The molecule has 0 amide bonds. The van der Waals surface area contributed by atoms with Crippen molar-refractivity contribution in [2.24, 2.45) is 0 Å². The molecule has 0 aliphatic carbocycles. The van der Waals surface area contributed by atoms with E-state index in [1.165, 1.54) is 4.98 Å². The Labute approximate surface area is 79.7 Å². The molecule has 0 bridgehead atoms. The van der Waals surface area contributed by atoms with Crippen LogP contribution in [-0.4, -0.2) is 4.98 Å². The number of alkyl halides is 5. The minimum atomic E-state index is -4.87. The van der Waals surface area contributed by atoms with Crippen molar-refractivity contribution in [1.82, 2.24) is 4.98 Å². The summed E-state index contributed by atoms with van der Waals surface area (Å²) in [4.78, 5) is 12.1. The number of halogens is 5. The zero-order chi connectivity index (χ0) is 11.8. The lowest BCUT2D eigenvalue weighted by molar-refractivity contribution is -0.140. The highest BCUT2D eigenvalue weighted by molar-refractivity contribution is 5.46. The number of aromatic nitrogens is 1. The smallest absolute Gasteiger partial charge is 0.397 e. The number of anilines is 1. The van der Waals surface area contributed by atoms with E-state index in [2.05, 4.69) is 0 Å². The topological polar surface area (TPSA) is 58.9 Å². The van der Waals surface area contributed by atoms with E-state index in [-0.39, 0.29) is 0 Å². The van der Waals surface area contributed by atoms with E-state index in [1.54, 1.807) is 0 Å². The van der Waals surface area contributed by atoms with Crippen LogP contribution in [0.2, 0.25) is 0 Å². The molecule has 0 aromatic carbocycles. The summed E-state index contributed by atoms with van der Waals surface area (Å²) in [7, 11) is 0. The summed E-state index contributed by atoms with van der Waals surface area (Å²) in [6.45, 7) is 0. The standard InChI is InChI=1S/C7H5F5N2O/c8-5(9)2-1-3(13)4(7(10,11)12)14-6(2)15/h1,5H,13H2,(H,14,15). The average Bonchev–Trinajstić information content (AvgIpc) is 2.06. The molecule has 0 spiro atoms. The van der Waals surface area contributed by atoms with Crippen LogP contribution in [-0.2, 0) is 6.18 Å². The van der Waals surface area contributed by atoms with Gasteiger partial charge in [-0.15, -0.1) is 0 Å². The van der Waals surface area contributed by atoms with Crippen molar-refractivity contribution in [2.45, 2.75) is 12.6 Å². The molecule has 1 heterocycles. The third-order valence-corrected chi connectivity index (χ3v) is 1.62. The fraction of sp³-hybridized carbons (Fsp3) is 0.286. The highest BCUT2D eigenvalue weighted by atomic mass is 19.4. The molecule has 3 N–H and O–H groups in total. The van der Waals surface area contributed by atoms with Crippen molar-refractivity contribution in [3.63, 3.8) is 0 Å². The lowest BCUT2D eigenvalue weighted by Crippen LogP contribution is -2.22. The molecule has 0 aliphatic rings. The molecule has 84 valence electrons. The Balaban J connectivity index is 3.39. The maximum atomic E-state index is 12.1. The Hall–Kier alpha value is -1.60. The van der Waals surface area contributed by atoms with Gasteiger partial charge in [-0.2, -0.15) is 13.2 Å². The average molecular weight is 228 g/mol. The lowest BCUT2D eigenvalue weighted by atomic mass is 10.2. The normalized spacial score (nSPS) is 12.1. The van der Waals surface area contributed by atoms with Gasteiger partial charge in [-0.25, -0.2) is 8.78 Å². The maximum Gasteiger partial charge on any atom is 0.433 e. The quantitative estimate of drug-likeness (QED) is 0.721. The molecular formula is C7H5F5N2O. The van der Waals surface area contributed by atoms with Crippen LogP contribution in [0.1, 0.15) is 17.7 Å². The number of hydrogen-bond acceptors (Lipinski definition) is 2. The van der Waals surface area contributed by atoms with Crippen molar-refractivity contribution in [2.75, 3.05) is 5.73 Å². The minimum Gasteiger partial charge on any atom is -0.397 e. The Morgan fingerprint density at radius 2 is 1.87 bits per heavy atom.